The lowest BCUT2D eigenvalue weighted by molar-refractivity contribution is -0.0762. The highest BCUT2D eigenvalue weighted by Gasteiger charge is 2.54. The standard InChI is InChI=1S/C7H13NO3S/c1-12(10,11)8-4-7(9,5-8)6-2-3-6/h6,9H,2-5H2,1H3. The van der Waals surface area contributed by atoms with Gasteiger partial charge in [-0.2, -0.15) is 4.31 Å². The average molecular weight is 191 g/mol. The second kappa shape index (κ2) is 2.21. The van der Waals surface area contributed by atoms with E-state index in [9.17, 15) is 13.5 Å². The second-order valence-corrected chi connectivity index (χ2v) is 5.89. The minimum absolute atomic E-state index is 0.302. The maximum absolute atomic E-state index is 11.0. The van der Waals surface area contributed by atoms with Gasteiger partial charge in [0, 0.05) is 13.1 Å². The summed E-state index contributed by atoms with van der Waals surface area (Å²) in [6.45, 7) is 0.604. The molecular formula is C7H13NO3S. The first kappa shape index (κ1) is 8.47. The molecule has 70 valence electrons. The van der Waals surface area contributed by atoms with Gasteiger partial charge in [-0.05, 0) is 18.8 Å². The third-order valence-corrected chi connectivity index (χ3v) is 3.90. The summed E-state index contributed by atoms with van der Waals surface area (Å²) < 4.78 is 23.2. The maximum Gasteiger partial charge on any atom is 0.211 e. The Bertz CT molecular complexity index is 288. The summed E-state index contributed by atoms with van der Waals surface area (Å²) in [6.07, 6.45) is 3.28. The fourth-order valence-electron chi connectivity index (χ4n) is 1.68. The average Bonchev–Trinajstić information content (AvgIpc) is 2.58. The molecule has 2 aliphatic rings. The zero-order valence-electron chi connectivity index (χ0n) is 7.02. The van der Waals surface area contributed by atoms with E-state index in [2.05, 4.69) is 0 Å². The van der Waals surface area contributed by atoms with E-state index in [1.165, 1.54) is 10.6 Å². The quantitative estimate of drug-likeness (QED) is 0.634. The molecule has 12 heavy (non-hydrogen) atoms. The summed E-state index contributed by atoms with van der Waals surface area (Å²) in [4.78, 5) is 0. The second-order valence-electron chi connectivity index (χ2n) is 3.91. The lowest BCUT2D eigenvalue weighted by atomic mass is 9.91. The number of hydrogen-bond acceptors (Lipinski definition) is 3. The number of β-amino-alcohol motifs (C(OH)–C–C–N with tert-alkyl or cyclic N) is 1. The zero-order chi connectivity index (χ0) is 8.98. The van der Waals surface area contributed by atoms with Crippen LogP contribution in [0.25, 0.3) is 0 Å². The van der Waals surface area contributed by atoms with E-state index >= 15 is 0 Å². The number of sulfonamides is 1. The van der Waals surface area contributed by atoms with Crippen LogP contribution in [0.4, 0.5) is 0 Å². The Morgan fingerprint density at radius 1 is 1.42 bits per heavy atom. The van der Waals surface area contributed by atoms with Crippen molar-refractivity contribution in [2.24, 2.45) is 5.92 Å². The summed E-state index contributed by atoms with van der Waals surface area (Å²) in [5.74, 6) is 0.357. The molecule has 0 aromatic carbocycles. The Labute approximate surface area is 72.2 Å². The number of rotatable bonds is 2. The highest BCUT2D eigenvalue weighted by molar-refractivity contribution is 7.88. The molecule has 1 N–H and O–H groups in total. The predicted octanol–water partition coefficient (Wildman–Crippen LogP) is -0.597. The molecule has 0 bridgehead atoms. The van der Waals surface area contributed by atoms with E-state index in [4.69, 9.17) is 0 Å². The number of nitrogens with zero attached hydrogens (tertiary/aromatic N) is 1. The lowest BCUT2D eigenvalue weighted by Gasteiger charge is -2.45. The molecule has 4 nitrogen and oxygen atoms in total. The predicted molar refractivity (Wildman–Crippen MR) is 44.1 cm³/mol. The van der Waals surface area contributed by atoms with Gasteiger partial charge in [-0.25, -0.2) is 8.42 Å². The molecule has 2 rings (SSSR count). The van der Waals surface area contributed by atoms with Gasteiger partial charge in [0.05, 0.1) is 11.9 Å². The van der Waals surface area contributed by atoms with Gasteiger partial charge in [0.2, 0.25) is 10.0 Å². The molecule has 0 aromatic rings. The van der Waals surface area contributed by atoms with Crippen molar-refractivity contribution in [3.8, 4) is 0 Å². The molecule has 1 aliphatic heterocycles. The molecule has 5 heteroatoms. The minimum Gasteiger partial charge on any atom is -0.387 e. The largest absolute Gasteiger partial charge is 0.387 e. The maximum atomic E-state index is 11.0. The van der Waals surface area contributed by atoms with Gasteiger partial charge in [-0.1, -0.05) is 0 Å². The van der Waals surface area contributed by atoms with Crippen LogP contribution in [0.15, 0.2) is 0 Å². The summed E-state index contributed by atoms with van der Waals surface area (Å²) in [6, 6.07) is 0. The highest BCUT2D eigenvalue weighted by atomic mass is 32.2. The summed E-state index contributed by atoms with van der Waals surface area (Å²) in [7, 11) is -3.07. The Morgan fingerprint density at radius 3 is 2.25 bits per heavy atom. The summed E-state index contributed by atoms with van der Waals surface area (Å²) in [5, 5.41) is 9.78. The minimum atomic E-state index is -3.07. The van der Waals surface area contributed by atoms with Gasteiger partial charge >= 0.3 is 0 Å². The van der Waals surface area contributed by atoms with E-state index in [0.717, 1.165) is 12.8 Å². The normalized spacial score (nSPS) is 29.8. The molecule has 1 saturated carbocycles. The molecule has 0 aromatic heterocycles. The molecule has 0 atom stereocenters. The topological polar surface area (TPSA) is 57.6 Å². The van der Waals surface area contributed by atoms with Crippen LogP contribution in [0, 0.1) is 5.92 Å². The number of aliphatic hydroxyl groups is 1. The molecule has 0 amide bonds. The van der Waals surface area contributed by atoms with Gasteiger partial charge in [-0.15, -0.1) is 0 Å². The molecule has 2 fully saturated rings. The van der Waals surface area contributed by atoms with E-state index in [1.54, 1.807) is 0 Å². The van der Waals surface area contributed by atoms with Crippen LogP contribution in [0.3, 0.4) is 0 Å². The van der Waals surface area contributed by atoms with Crippen LogP contribution < -0.4 is 0 Å². The van der Waals surface area contributed by atoms with Crippen molar-refractivity contribution in [1.82, 2.24) is 4.31 Å². The van der Waals surface area contributed by atoms with E-state index in [-0.39, 0.29) is 0 Å². The number of hydrogen-bond donors (Lipinski definition) is 1. The van der Waals surface area contributed by atoms with Gasteiger partial charge < -0.3 is 5.11 Å². The smallest absolute Gasteiger partial charge is 0.211 e. The Hall–Kier alpha value is -0.130. The van der Waals surface area contributed by atoms with Crippen LogP contribution >= 0.6 is 0 Å². The van der Waals surface area contributed by atoms with E-state index < -0.39 is 15.6 Å². The van der Waals surface area contributed by atoms with Crippen molar-refractivity contribution in [1.29, 1.82) is 0 Å². The van der Waals surface area contributed by atoms with Gasteiger partial charge in [0.15, 0.2) is 0 Å². The van der Waals surface area contributed by atoms with Crippen molar-refractivity contribution >= 4 is 10.0 Å². The first-order valence-electron chi connectivity index (χ1n) is 4.09. The fourth-order valence-corrected chi connectivity index (χ4v) is 2.59. The fraction of sp³-hybridized carbons (Fsp3) is 1.00. The van der Waals surface area contributed by atoms with Crippen molar-refractivity contribution < 1.29 is 13.5 Å². The molecule has 1 saturated heterocycles. The molecule has 0 radical (unpaired) electrons. The van der Waals surface area contributed by atoms with Crippen molar-refractivity contribution in [2.45, 2.75) is 18.4 Å². The van der Waals surface area contributed by atoms with Crippen LogP contribution in [0.1, 0.15) is 12.8 Å². The van der Waals surface area contributed by atoms with Crippen LogP contribution in [-0.4, -0.2) is 42.8 Å². The van der Waals surface area contributed by atoms with Gasteiger partial charge in [0.25, 0.3) is 0 Å². The SMILES string of the molecule is CS(=O)(=O)N1CC(O)(C2CC2)C1. The molecule has 0 spiro atoms. The first-order valence-corrected chi connectivity index (χ1v) is 5.94. The molecular weight excluding hydrogens is 178 g/mol. The van der Waals surface area contributed by atoms with Crippen LogP contribution in [-0.2, 0) is 10.0 Å². The Morgan fingerprint density at radius 2 is 1.92 bits per heavy atom. The molecule has 0 unspecified atom stereocenters. The monoisotopic (exact) mass is 191 g/mol. The Kier molecular flexibility index (Phi) is 1.56. The van der Waals surface area contributed by atoms with Crippen molar-refractivity contribution in [2.75, 3.05) is 19.3 Å². The van der Waals surface area contributed by atoms with E-state index in [0.29, 0.717) is 19.0 Å². The van der Waals surface area contributed by atoms with Crippen LogP contribution in [0.5, 0.6) is 0 Å². The summed E-state index contributed by atoms with van der Waals surface area (Å²) >= 11 is 0. The third-order valence-electron chi connectivity index (χ3n) is 2.71. The van der Waals surface area contributed by atoms with Gasteiger partial charge in [-0.3, -0.25) is 0 Å². The van der Waals surface area contributed by atoms with Gasteiger partial charge in [0.1, 0.15) is 0 Å². The lowest BCUT2D eigenvalue weighted by Crippen LogP contribution is -2.64. The van der Waals surface area contributed by atoms with Crippen molar-refractivity contribution in [3.05, 3.63) is 0 Å². The van der Waals surface area contributed by atoms with E-state index in [1.807, 2.05) is 0 Å². The van der Waals surface area contributed by atoms with Crippen molar-refractivity contribution in [3.63, 3.8) is 0 Å². The Balaban J connectivity index is 1.99. The zero-order valence-corrected chi connectivity index (χ0v) is 7.84. The first-order chi connectivity index (χ1) is 5.42. The third kappa shape index (κ3) is 1.26. The molecule has 1 aliphatic carbocycles. The highest BCUT2D eigenvalue weighted by Crippen LogP contribution is 2.44. The van der Waals surface area contributed by atoms with Crippen LogP contribution in [0.2, 0.25) is 0 Å². The summed E-state index contributed by atoms with van der Waals surface area (Å²) in [5.41, 5.74) is -0.691. The molecule has 1 heterocycles.